The predicted octanol–water partition coefficient (Wildman–Crippen LogP) is 3.62. The van der Waals surface area contributed by atoms with Gasteiger partial charge in [-0.25, -0.2) is 0 Å². The van der Waals surface area contributed by atoms with E-state index in [1.165, 1.54) is 64.2 Å². The SMILES string of the molecule is C.CCCCCCCCCCCCCO.O=S(=O)(O)O.[NaH]. The van der Waals surface area contributed by atoms with Crippen LogP contribution in [0.3, 0.4) is 0 Å². The fraction of sp³-hybridized carbons (Fsp3) is 1.00. The van der Waals surface area contributed by atoms with Crippen LogP contribution in [-0.4, -0.2) is 58.8 Å². The van der Waals surface area contributed by atoms with E-state index in [9.17, 15) is 0 Å². The maximum atomic E-state index is 8.74. The van der Waals surface area contributed by atoms with Crippen molar-refractivity contribution in [2.24, 2.45) is 0 Å². The summed E-state index contributed by atoms with van der Waals surface area (Å²) in [5.41, 5.74) is 0. The average molecular weight is 338 g/mol. The summed E-state index contributed by atoms with van der Waals surface area (Å²) in [6, 6.07) is 0. The summed E-state index contributed by atoms with van der Waals surface area (Å²) in [6.45, 7) is 2.64. The van der Waals surface area contributed by atoms with Gasteiger partial charge in [0.25, 0.3) is 0 Å². The van der Waals surface area contributed by atoms with E-state index in [2.05, 4.69) is 6.92 Å². The summed E-state index contributed by atoms with van der Waals surface area (Å²) >= 11 is 0. The van der Waals surface area contributed by atoms with Crippen molar-refractivity contribution in [2.45, 2.75) is 85.0 Å². The van der Waals surface area contributed by atoms with E-state index in [0.29, 0.717) is 6.61 Å². The zero-order valence-electron chi connectivity index (χ0n) is 12.1. The van der Waals surface area contributed by atoms with E-state index in [4.69, 9.17) is 22.6 Å². The Morgan fingerprint density at radius 1 is 0.714 bits per heavy atom. The van der Waals surface area contributed by atoms with Crippen LogP contribution in [0.15, 0.2) is 0 Å². The van der Waals surface area contributed by atoms with E-state index >= 15 is 0 Å². The molecule has 0 heterocycles. The van der Waals surface area contributed by atoms with Crippen molar-refractivity contribution in [1.82, 2.24) is 0 Å². The molecule has 0 aromatic carbocycles. The second-order valence-electron chi connectivity index (χ2n) is 4.71. The van der Waals surface area contributed by atoms with E-state index in [0.717, 1.165) is 6.42 Å². The van der Waals surface area contributed by atoms with E-state index < -0.39 is 10.4 Å². The van der Waals surface area contributed by atoms with Gasteiger partial charge in [0.15, 0.2) is 0 Å². The molecule has 0 aliphatic rings. The number of hydrogen-bond donors (Lipinski definition) is 3. The Morgan fingerprint density at radius 3 is 1.19 bits per heavy atom. The molecule has 0 aromatic heterocycles. The summed E-state index contributed by atoms with van der Waals surface area (Å²) in [5.74, 6) is 0. The van der Waals surface area contributed by atoms with Crippen LogP contribution in [0.25, 0.3) is 0 Å². The fourth-order valence-electron chi connectivity index (χ4n) is 1.78. The molecule has 0 atom stereocenters. The first-order valence-electron chi connectivity index (χ1n) is 7.22. The van der Waals surface area contributed by atoms with E-state index in [1.807, 2.05) is 0 Å². The van der Waals surface area contributed by atoms with Gasteiger partial charge >= 0.3 is 40.0 Å². The minimum atomic E-state index is -4.67. The van der Waals surface area contributed by atoms with Crippen molar-refractivity contribution in [3.63, 3.8) is 0 Å². The maximum absolute atomic E-state index is 8.74. The van der Waals surface area contributed by atoms with Crippen molar-refractivity contribution in [3.05, 3.63) is 0 Å². The van der Waals surface area contributed by atoms with Gasteiger partial charge in [0.1, 0.15) is 0 Å². The number of aliphatic hydroxyl groups excluding tert-OH is 1. The van der Waals surface area contributed by atoms with E-state index in [-0.39, 0.29) is 37.0 Å². The molecule has 21 heavy (non-hydrogen) atoms. The van der Waals surface area contributed by atoms with Gasteiger partial charge in [-0.05, 0) is 6.42 Å². The Labute approximate surface area is 153 Å². The Bertz CT molecular complexity index is 238. The molecular weight excluding hydrogens is 303 g/mol. The monoisotopic (exact) mass is 338 g/mol. The van der Waals surface area contributed by atoms with E-state index in [1.54, 1.807) is 0 Å². The van der Waals surface area contributed by atoms with Crippen molar-refractivity contribution >= 4 is 40.0 Å². The molecule has 0 fully saturated rings. The molecule has 0 bridgehead atoms. The molecule has 0 spiro atoms. The first kappa shape index (κ1) is 29.8. The zero-order valence-corrected chi connectivity index (χ0v) is 12.9. The number of unbranched alkanes of at least 4 members (excludes halogenated alkanes) is 10. The molecule has 7 heteroatoms. The first-order valence-corrected chi connectivity index (χ1v) is 8.62. The van der Waals surface area contributed by atoms with Crippen LogP contribution < -0.4 is 0 Å². The standard InChI is InChI=1S/C13H28O.CH4.Na.H2O4S.H/c1-2-3-4-5-6-7-8-9-10-11-12-13-14;;;1-5(2,3)4;/h14H,2-13H2,1H3;1H4;;(H2,1,2,3,4);. The summed E-state index contributed by atoms with van der Waals surface area (Å²) in [4.78, 5) is 0. The molecule has 0 amide bonds. The van der Waals surface area contributed by atoms with Crippen LogP contribution in [0.5, 0.6) is 0 Å². The zero-order chi connectivity index (χ0) is 15.0. The van der Waals surface area contributed by atoms with Crippen molar-refractivity contribution < 1.29 is 22.6 Å². The molecule has 0 saturated heterocycles. The van der Waals surface area contributed by atoms with Crippen molar-refractivity contribution in [1.29, 1.82) is 0 Å². The number of rotatable bonds is 11. The fourth-order valence-corrected chi connectivity index (χ4v) is 1.78. The van der Waals surface area contributed by atoms with Gasteiger partial charge in [0, 0.05) is 6.61 Å². The first-order chi connectivity index (χ1) is 8.91. The molecule has 0 aromatic rings. The summed E-state index contributed by atoms with van der Waals surface area (Å²) in [6.07, 6.45) is 14.8. The molecule has 0 aliphatic heterocycles. The van der Waals surface area contributed by atoms with Gasteiger partial charge in [-0.1, -0.05) is 78.6 Å². The molecule has 0 saturated carbocycles. The average Bonchev–Trinajstić information content (AvgIpc) is 2.29. The van der Waals surface area contributed by atoms with Gasteiger partial charge < -0.3 is 5.11 Å². The molecule has 0 unspecified atom stereocenters. The summed E-state index contributed by atoms with van der Waals surface area (Å²) in [5, 5.41) is 8.59. The number of aliphatic hydroxyl groups is 1. The van der Waals surface area contributed by atoms with Crippen LogP contribution in [0.4, 0.5) is 0 Å². The third kappa shape index (κ3) is 52.8. The predicted molar refractivity (Wildman–Crippen MR) is 91.6 cm³/mol. The Hall–Kier alpha value is 0.830. The van der Waals surface area contributed by atoms with Gasteiger partial charge in [-0.2, -0.15) is 8.42 Å². The Balaban J connectivity index is -0.000000179. The summed E-state index contributed by atoms with van der Waals surface area (Å²) < 4.78 is 31.6. The molecule has 128 valence electrons. The van der Waals surface area contributed by atoms with Crippen molar-refractivity contribution in [3.8, 4) is 0 Å². The third-order valence-corrected chi connectivity index (χ3v) is 2.76. The second-order valence-corrected chi connectivity index (χ2v) is 5.60. The van der Waals surface area contributed by atoms with Crippen LogP contribution >= 0.6 is 0 Å². The van der Waals surface area contributed by atoms with Gasteiger partial charge in [-0.3, -0.25) is 9.11 Å². The Morgan fingerprint density at radius 2 is 0.952 bits per heavy atom. The number of hydrogen-bond acceptors (Lipinski definition) is 3. The van der Waals surface area contributed by atoms with Crippen LogP contribution in [0.2, 0.25) is 0 Å². The molecule has 0 radical (unpaired) electrons. The van der Waals surface area contributed by atoms with Crippen LogP contribution in [0.1, 0.15) is 85.0 Å². The van der Waals surface area contributed by atoms with Crippen LogP contribution in [-0.2, 0) is 10.4 Å². The Kier molecular flexibility index (Phi) is 32.8. The van der Waals surface area contributed by atoms with Crippen LogP contribution in [0, 0.1) is 0 Å². The molecule has 0 rings (SSSR count). The topological polar surface area (TPSA) is 94.8 Å². The quantitative estimate of drug-likeness (QED) is 0.304. The molecule has 5 nitrogen and oxygen atoms in total. The second kappa shape index (κ2) is 23.1. The summed E-state index contributed by atoms with van der Waals surface area (Å²) in [7, 11) is -4.67. The van der Waals surface area contributed by atoms with Crippen molar-refractivity contribution in [2.75, 3.05) is 6.61 Å². The van der Waals surface area contributed by atoms with Gasteiger partial charge in [0.05, 0.1) is 0 Å². The van der Waals surface area contributed by atoms with Gasteiger partial charge in [-0.15, -0.1) is 0 Å². The molecular formula is C14H35NaO5S. The van der Waals surface area contributed by atoms with Gasteiger partial charge in [0.2, 0.25) is 0 Å². The normalized spacial score (nSPS) is 9.90. The molecule has 3 N–H and O–H groups in total. The molecule has 0 aliphatic carbocycles. The minimum absolute atomic E-state index is 0. The third-order valence-electron chi connectivity index (χ3n) is 2.76.